The van der Waals surface area contributed by atoms with Crippen molar-refractivity contribution in [3.05, 3.63) is 36.9 Å². The lowest BCUT2D eigenvalue weighted by Gasteiger charge is -2.31. The van der Waals surface area contributed by atoms with E-state index < -0.39 is 10.0 Å². The van der Waals surface area contributed by atoms with Crippen LogP contribution in [-0.2, 0) is 14.8 Å². The Morgan fingerprint density at radius 3 is 2.64 bits per heavy atom. The highest BCUT2D eigenvalue weighted by molar-refractivity contribution is 7.89. The van der Waals surface area contributed by atoms with Gasteiger partial charge in [-0.3, -0.25) is 0 Å². The van der Waals surface area contributed by atoms with E-state index in [1.54, 1.807) is 30.3 Å². The molecule has 1 aromatic rings. The third kappa shape index (κ3) is 3.88. The van der Waals surface area contributed by atoms with Gasteiger partial charge >= 0.3 is 0 Å². The van der Waals surface area contributed by atoms with Gasteiger partial charge in [-0.05, 0) is 30.9 Å². The topological polar surface area (TPSA) is 55.8 Å². The Hall–Kier alpha value is -1.37. The third-order valence-electron chi connectivity index (χ3n) is 3.85. The van der Waals surface area contributed by atoms with Crippen LogP contribution in [0.5, 0.6) is 5.75 Å². The fourth-order valence-corrected chi connectivity index (χ4v) is 4.23. The predicted octanol–water partition coefficient (Wildman–Crippen LogP) is 2.30. The Bertz CT molecular complexity index is 592. The second kappa shape index (κ2) is 7.76. The van der Waals surface area contributed by atoms with Gasteiger partial charge in [0, 0.05) is 19.7 Å². The maximum atomic E-state index is 12.7. The van der Waals surface area contributed by atoms with Crippen LogP contribution in [0.3, 0.4) is 0 Å². The van der Waals surface area contributed by atoms with Crippen LogP contribution in [0.4, 0.5) is 0 Å². The van der Waals surface area contributed by atoms with E-state index in [4.69, 9.17) is 9.47 Å². The number of nitrogens with zero attached hydrogens (tertiary/aromatic N) is 1. The smallest absolute Gasteiger partial charge is 0.246 e. The molecule has 0 bridgehead atoms. The van der Waals surface area contributed by atoms with Crippen LogP contribution in [0, 0.1) is 5.92 Å². The quantitative estimate of drug-likeness (QED) is 0.570. The van der Waals surface area contributed by atoms with Gasteiger partial charge < -0.3 is 9.47 Å². The maximum Gasteiger partial charge on any atom is 0.246 e. The standard InChI is InChI=1S/C16H23NO4S/c1-3-12-21-13-14-8-10-17(11-9-14)22(18,19)16-7-5-4-6-15(16)20-2/h3-7,14H,1,8-13H2,2H3. The molecule has 0 unspecified atom stereocenters. The molecule has 2 rings (SSSR count). The van der Waals surface area contributed by atoms with Crippen LogP contribution in [-0.4, -0.2) is 46.1 Å². The fraction of sp³-hybridized carbons (Fsp3) is 0.500. The Kier molecular flexibility index (Phi) is 5.99. The van der Waals surface area contributed by atoms with Crippen molar-refractivity contribution in [2.45, 2.75) is 17.7 Å². The molecule has 0 aliphatic carbocycles. The number of methoxy groups -OCH3 is 1. The Morgan fingerprint density at radius 2 is 2.00 bits per heavy atom. The number of rotatable bonds is 7. The van der Waals surface area contributed by atoms with Crippen molar-refractivity contribution in [3.63, 3.8) is 0 Å². The van der Waals surface area contributed by atoms with E-state index in [1.165, 1.54) is 11.4 Å². The summed E-state index contributed by atoms with van der Waals surface area (Å²) in [5.74, 6) is 0.794. The number of sulfonamides is 1. The molecule has 0 radical (unpaired) electrons. The number of ether oxygens (including phenoxy) is 2. The number of benzene rings is 1. The van der Waals surface area contributed by atoms with E-state index >= 15 is 0 Å². The van der Waals surface area contributed by atoms with Crippen LogP contribution < -0.4 is 4.74 Å². The van der Waals surface area contributed by atoms with Crippen LogP contribution in [0.2, 0.25) is 0 Å². The number of hydrogen-bond donors (Lipinski definition) is 0. The minimum Gasteiger partial charge on any atom is -0.495 e. The lowest BCUT2D eigenvalue weighted by atomic mass is 9.99. The van der Waals surface area contributed by atoms with Crippen molar-refractivity contribution in [2.75, 3.05) is 33.4 Å². The van der Waals surface area contributed by atoms with Gasteiger partial charge in [0.05, 0.1) is 13.7 Å². The first-order valence-corrected chi connectivity index (χ1v) is 8.85. The number of para-hydroxylation sites is 1. The summed E-state index contributed by atoms with van der Waals surface area (Å²) in [5, 5.41) is 0. The van der Waals surface area contributed by atoms with Crippen molar-refractivity contribution < 1.29 is 17.9 Å². The summed E-state index contributed by atoms with van der Waals surface area (Å²) < 4.78 is 37.6. The number of piperidine rings is 1. The maximum absolute atomic E-state index is 12.7. The lowest BCUT2D eigenvalue weighted by molar-refractivity contribution is 0.0982. The summed E-state index contributed by atoms with van der Waals surface area (Å²) in [6.07, 6.45) is 3.35. The molecule has 1 heterocycles. The molecular formula is C16H23NO4S. The van der Waals surface area contributed by atoms with E-state index in [2.05, 4.69) is 6.58 Å². The first kappa shape index (κ1) is 17.0. The van der Waals surface area contributed by atoms with Crippen LogP contribution in [0.15, 0.2) is 41.8 Å². The van der Waals surface area contributed by atoms with Gasteiger partial charge in [-0.2, -0.15) is 4.31 Å². The van der Waals surface area contributed by atoms with Gasteiger partial charge in [0.25, 0.3) is 0 Å². The van der Waals surface area contributed by atoms with Gasteiger partial charge in [-0.15, -0.1) is 6.58 Å². The molecule has 6 heteroatoms. The van der Waals surface area contributed by atoms with Gasteiger partial charge in [-0.1, -0.05) is 18.2 Å². The molecule has 1 fully saturated rings. The normalized spacial score (nSPS) is 17.3. The zero-order valence-electron chi connectivity index (χ0n) is 12.9. The van der Waals surface area contributed by atoms with E-state index in [1.807, 2.05) is 0 Å². The zero-order chi connectivity index (χ0) is 16.0. The zero-order valence-corrected chi connectivity index (χ0v) is 13.7. The SMILES string of the molecule is C=CCOCC1CCN(S(=O)(=O)c2ccccc2OC)CC1. The second-order valence-electron chi connectivity index (χ2n) is 5.32. The van der Waals surface area contributed by atoms with Gasteiger partial charge in [0.15, 0.2) is 0 Å². The van der Waals surface area contributed by atoms with Crippen molar-refractivity contribution >= 4 is 10.0 Å². The third-order valence-corrected chi connectivity index (χ3v) is 5.79. The van der Waals surface area contributed by atoms with Crippen molar-refractivity contribution in [2.24, 2.45) is 5.92 Å². The van der Waals surface area contributed by atoms with E-state index in [0.717, 1.165) is 12.8 Å². The Morgan fingerprint density at radius 1 is 1.32 bits per heavy atom. The molecule has 0 N–H and O–H groups in total. The molecule has 5 nitrogen and oxygen atoms in total. The van der Waals surface area contributed by atoms with Gasteiger partial charge in [0.2, 0.25) is 10.0 Å². The molecule has 0 spiro atoms. The minimum absolute atomic E-state index is 0.235. The highest BCUT2D eigenvalue weighted by atomic mass is 32.2. The highest BCUT2D eigenvalue weighted by Crippen LogP contribution is 2.29. The van der Waals surface area contributed by atoms with E-state index in [-0.39, 0.29) is 4.90 Å². The molecule has 1 saturated heterocycles. The molecule has 122 valence electrons. The first-order chi connectivity index (χ1) is 10.6. The molecule has 0 aromatic heterocycles. The lowest BCUT2D eigenvalue weighted by Crippen LogP contribution is -2.39. The average molecular weight is 325 g/mol. The van der Waals surface area contributed by atoms with Crippen LogP contribution >= 0.6 is 0 Å². The molecule has 1 aliphatic heterocycles. The summed E-state index contributed by atoms with van der Waals surface area (Å²) >= 11 is 0. The summed E-state index contributed by atoms with van der Waals surface area (Å²) in [6, 6.07) is 6.74. The minimum atomic E-state index is -3.50. The fourth-order valence-electron chi connectivity index (χ4n) is 2.61. The Labute approximate surface area is 132 Å². The average Bonchev–Trinajstić information content (AvgIpc) is 2.55. The number of hydrogen-bond acceptors (Lipinski definition) is 4. The Balaban J connectivity index is 2.02. The van der Waals surface area contributed by atoms with Gasteiger partial charge in [-0.25, -0.2) is 8.42 Å². The van der Waals surface area contributed by atoms with Crippen molar-refractivity contribution in [1.29, 1.82) is 0 Å². The van der Waals surface area contributed by atoms with E-state index in [9.17, 15) is 8.42 Å². The summed E-state index contributed by atoms with van der Waals surface area (Å²) in [6.45, 7) is 5.85. The summed E-state index contributed by atoms with van der Waals surface area (Å²) in [5.41, 5.74) is 0. The largest absolute Gasteiger partial charge is 0.495 e. The first-order valence-electron chi connectivity index (χ1n) is 7.41. The molecule has 1 aliphatic rings. The summed E-state index contributed by atoms with van der Waals surface area (Å²) in [4.78, 5) is 0.235. The predicted molar refractivity (Wildman–Crippen MR) is 85.5 cm³/mol. The van der Waals surface area contributed by atoms with Crippen molar-refractivity contribution in [3.8, 4) is 5.75 Å². The molecule has 1 aromatic carbocycles. The molecule has 22 heavy (non-hydrogen) atoms. The van der Waals surface area contributed by atoms with Crippen LogP contribution in [0.1, 0.15) is 12.8 Å². The second-order valence-corrected chi connectivity index (χ2v) is 7.23. The summed E-state index contributed by atoms with van der Waals surface area (Å²) in [7, 11) is -2.02. The molecule has 0 saturated carbocycles. The molecule has 0 atom stereocenters. The van der Waals surface area contributed by atoms with E-state index in [0.29, 0.717) is 38.0 Å². The van der Waals surface area contributed by atoms with Gasteiger partial charge in [0.1, 0.15) is 10.6 Å². The molecule has 0 amide bonds. The molecular weight excluding hydrogens is 302 g/mol. The monoisotopic (exact) mass is 325 g/mol. The van der Waals surface area contributed by atoms with Crippen LogP contribution in [0.25, 0.3) is 0 Å². The van der Waals surface area contributed by atoms with Crippen molar-refractivity contribution in [1.82, 2.24) is 4.31 Å². The highest BCUT2D eigenvalue weighted by Gasteiger charge is 2.31.